The summed E-state index contributed by atoms with van der Waals surface area (Å²) >= 11 is 1.25. The van der Waals surface area contributed by atoms with Gasteiger partial charge in [0, 0.05) is 13.6 Å². The van der Waals surface area contributed by atoms with E-state index in [0.29, 0.717) is 22.9 Å². The van der Waals surface area contributed by atoms with Crippen LogP contribution in [-0.4, -0.2) is 61.3 Å². The first-order valence-corrected chi connectivity index (χ1v) is 7.29. The van der Waals surface area contributed by atoms with E-state index in [9.17, 15) is 9.59 Å². The Hall–Kier alpha value is -1.88. The van der Waals surface area contributed by atoms with Crippen molar-refractivity contribution in [3.05, 3.63) is 21.9 Å². The Bertz CT molecular complexity index is 587. The minimum absolute atomic E-state index is 0.200. The predicted octanol–water partition coefficient (Wildman–Crippen LogP) is -0.321. The second kappa shape index (κ2) is 7.22. The van der Waals surface area contributed by atoms with E-state index in [1.807, 2.05) is 0 Å². The van der Waals surface area contributed by atoms with Crippen molar-refractivity contribution >= 4 is 23.2 Å². The normalized spacial score (nSPS) is 17.8. The molecule has 0 aromatic carbocycles. The van der Waals surface area contributed by atoms with Crippen LogP contribution in [0.3, 0.4) is 0 Å². The van der Waals surface area contributed by atoms with Gasteiger partial charge in [-0.2, -0.15) is 0 Å². The molecule has 1 aliphatic rings. The quantitative estimate of drug-likeness (QED) is 0.734. The van der Waals surface area contributed by atoms with Gasteiger partial charge in [-0.1, -0.05) is 11.8 Å². The molecule has 2 amide bonds. The molecule has 1 aliphatic heterocycles. The van der Waals surface area contributed by atoms with Crippen molar-refractivity contribution in [3.63, 3.8) is 0 Å². The minimum atomic E-state index is -0.606. The van der Waals surface area contributed by atoms with Crippen LogP contribution in [0.2, 0.25) is 0 Å². The molecule has 1 atom stereocenters. The molecule has 0 aliphatic carbocycles. The third kappa shape index (κ3) is 3.61. The average Bonchev–Trinajstić information content (AvgIpc) is 3.00. The van der Waals surface area contributed by atoms with Gasteiger partial charge in [-0.05, 0) is 12.1 Å². The second-order valence-electron chi connectivity index (χ2n) is 4.33. The molecule has 2 heterocycles. The van der Waals surface area contributed by atoms with Crippen LogP contribution >= 0.6 is 11.3 Å². The SMILES string of the molecule is CNC(=O)C1COCCN1C(=O)c1ccc(C#CCO)s1. The van der Waals surface area contributed by atoms with Crippen LogP contribution < -0.4 is 5.32 Å². The molecule has 1 aromatic heterocycles. The van der Waals surface area contributed by atoms with Gasteiger partial charge in [-0.25, -0.2) is 0 Å². The zero-order valence-electron chi connectivity index (χ0n) is 11.6. The lowest BCUT2D eigenvalue weighted by Crippen LogP contribution is -2.55. The first-order chi connectivity index (χ1) is 10.2. The van der Waals surface area contributed by atoms with Crippen molar-refractivity contribution in [1.82, 2.24) is 10.2 Å². The molecule has 0 bridgehead atoms. The lowest BCUT2D eigenvalue weighted by atomic mass is 10.2. The molecule has 1 aromatic rings. The average molecular weight is 308 g/mol. The highest BCUT2D eigenvalue weighted by Crippen LogP contribution is 2.20. The Morgan fingerprint density at radius 2 is 2.38 bits per heavy atom. The predicted molar refractivity (Wildman–Crippen MR) is 78.0 cm³/mol. The molecule has 112 valence electrons. The maximum absolute atomic E-state index is 12.5. The van der Waals surface area contributed by atoms with E-state index in [-0.39, 0.29) is 25.0 Å². The molecule has 0 radical (unpaired) electrons. The summed E-state index contributed by atoms with van der Waals surface area (Å²) in [7, 11) is 1.54. The highest BCUT2D eigenvalue weighted by atomic mass is 32.1. The Balaban J connectivity index is 2.16. The summed E-state index contributed by atoms with van der Waals surface area (Å²) in [5, 5.41) is 11.2. The van der Waals surface area contributed by atoms with Crippen LogP contribution in [0.5, 0.6) is 0 Å². The zero-order valence-corrected chi connectivity index (χ0v) is 12.4. The molecule has 1 fully saturated rings. The highest BCUT2D eigenvalue weighted by molar-refractivity contribution is 7.14. The number of nitrogens with one attached hydrogen (secondary N) is 1. The molecular formula is C14H16N2O4S. The summed E-state index contributed by atoms with van der Waals surface area (Å²) < 4.78 is 5.28. The van der Waals surface area contributed by atoms with E-state index >= 15 is 0 Å². The lowest BCUT2D eigenvalue weighted by molar-refractivity contribution is -0.130. The van der Waals surface area contributed by atoms with Gasteiger partial charge in [-0.15, -0.1) is 11.3 Å². The molecule has 7 heteroatoms. The van der Waals surface area contributed by atoms with E-state index < -0.39 is 6.04 Å². The van der Waals surface area contributed by atoms with Gasteiger partial charge < -0.3 is 20.1 Å². The fraction of sp³-hybridized carbons (Fsp3) is 0.429. The number of nitrogens with zero attached hydrogens (tertiary/aromatic N) is 1. The second-order valence-corrected chi connectivity index (χ2v) is 5.41. The number of hydrogen-bond acceptors (Lipinski definition) is 5. The topological polar surface area (TPSA) is 78.9 Å². The maximum Gasteiger partial charge on any atom is 0.264 e. The van der Waals surface area contributed by atoms with E-state index in [0.717, 1.165) is 0 Å². The Morgan fingerprint density at radius 1 is 1.57 bits per heavy atom. The first kappa shape index (κ1) is 15.5. The van der Waals surface area contributed by atoms with Crippen LogP contribution in [0.1, 0.15) is 14.5 Å². The molecule has 2 N–H and O–H groups in total. The first-order valence-electron chi connectivity index (χ1n) is 6.47. The summed E-state index contributed by atoms with van der Waals surface area (Å²) in [5.74, 6) is 4.86. The summed E-state index contributed by atoms with van der Waals surface area (Å²) in [5.41, 5.74) is 0. The number of rotatable bonds is 2. The van der Waals surface area contributed by atoms with Crippen molar-refractivity contribution in [2.24, 2.45) is 0 Å². The van der Waals surface area contributed by atoms with Gasteiger partial charge >= 0.3 is 0 Å². The number of aliphatic hydroxyl groups is 1. The van der Waals surface area contributed by atoms with E-state index in [1.165, 1.54) is 23.3 Å². The Labute approximate surface area is 126 Å². The summed E-state index contributed by atoms with van der Waals surface area (Å²) in [6.45, 7) is 0.783. The lowest BCUT2D eigenvalue weighted by Gasteiger charge is -2.33. The van der Waals surface area contributed by atoms with Crippen LogP contribution in [0, 0.1) is 11.8 Å². The fourth-order valence-corrected chi connectivity index (χ4v) is 2.86. The van der Waals surface area contributed by atoms with E-state index in [2.05, 4.69) is 17.2 Å². The van der Waals surface area contributed by atoms with Gasteiger partial charge in [0.25, 0.3) is 5.91 Å². The van der Waals surface area contributed by atoms with Crippen molar-refractivity contribution in [2.45, 2.75) is 6.04 Å². The number of likely N-dealkylation sites (N-methyl/N-ethyl adjacent to an activating group) is 1. The maximum atomic E-state index is 12.5. The number of ether oxygens (including phenoxy) is 1. The zero-order chi connectivity index (χ0) is 15.2. The summed E-state index contributed by atoms with van der Waals surface area (Å²) in [6, 6.07) is 2.81. The molecule has 2 rings (SSSR count). The number of thiophene rings is 1. The fourth-order valence-electron chi connectivity index (χ4n) is 2.02. The smallest absolute Gasteiger partial charge is 0.264 e. The molecule has 21 heavy (non-hydrogen) atoms. The molecule has 1 saturated heterocycles. The molecule has 6 nitrogen and oxygen atoms in total. The molecule has 1 unspecified atom stereocenters. The number of aliphatic hydroxyl groups excluding tert-OH is 1. The van der Waals surface area contributed by atoms with Crippen LogP contribution in [-0.2, 0) is 9.53 Å². The van der Waals surface area contributed by atoms with E-state index in [1.54, 1.807) is 12.1 Å². The number of carbonyl (C=O) groups excluding carboxylic acids is 2. The summed E-state index contributed by atoms with van der Waals surface area (Å²) in [6.07, 6.45) is 0. The molecular weight excluding hydrogens is 292 g/mol. The van der Waals surface area contributed by atoms with Crippen LogP contribution in [0.15, 0.2) is 12.1 Å². The number of morpholine rings is 1. The third-order valence-electron chi connectivity index (χ3n) is 3.05. The standard InChI is InChI=1S/C14H16N2O4S/c1-15-13(18)11-9-20-8-6-16(11)14(19)12-5-4-10(21-12)3-2-7-17/h4-5,11,17H,6-9H2,1H3,(H,15,18). The van der Waals surface area contributed by atoms with Crippen LogP contribution in [0.4, 0.5) is 0 Å². The number of amides is 2. The van der Waals surface area contributed by atoms with E-state index in [4.69, 9.17) is 9.84 Å². The van der Waals surface area contributed by atoms with Crippen molar-refractivity contribution in [3.8, 4) is 11.8 Å². The minimum Gasteiger partial charge on any atom is -0.384 e. The monoisotopic (exact) mass is 308 g/mol. The van der Waals surface area contributed by atoms with Gasteiger partial charge in [-0.3, -0.25) is 9.59 Å². The van der Waals surface area contributed by atoms with Crippen molar-refractivity contribution in [2.75, 3.05) is 33.4 Å². The van der Waals surface area contributed by atoms with Gasteiger partial charge in [0.2, 0.25) is 5.91 Å². The number of hydrogen-bond donors (Lipinski definition) is 2. The van der Waals surface area contributed by atoms with Gasteiger partial charge in [0.05, 0.1) is 23.0 Å². The van der Waals surface area contributed by atoms with Gasteiger partial charge in [0.1, 0.15) is 12.6 Å². The Morgan fingerprint density at radius 3 is 3.10 bits per heavy atom. The molecule has 0 spiro atoms. The third-order valence-corrected chi connectivity index (χ3v) is 4.03. The van der Waals surface area contributed by atoms with Crippen molar-refractivity contribution in [1.29, 1.82) is 0 Å². The number of carbonyl (C=O) groups is 2. The highest BCUT2D eigenvalue weighted by Gasteiger charge is 2.33. The Kier molecular flexibility index (Phi) is 5.33. The summed E-state index contributed by atoms with van der Waals surface area (Å²) in [4.78, 5) is 27.1. The largest absolute Gasteiger partial charge is 0.384 e. The van der Waals surface area contributed by atoms with Crippen molar-refractivity contribution < 1.29 is 19.4 Å². The molecule has 0 saturated carbocycles. The van der Waals surface area contributed by atoms with Crippen LogP contribution in [0.25, 0.3) is 0 Å². The van der Waals surface area contributed by atoms with Gasteiger partial charge in [0.15, 0.2) is 0 Å².